The Morgan fingerprint density at radius 3 is 2.21 bits per heavy atom. The highest BCUT2D eigenvalue weighted by atomic mass is 32.2. The molecule has 34 heavy (non-hydrogen) atoms. The number of rotatable bonds is 5. The molecular weight excluding hydrogens is 458 g/mol. The van der Waals surface area contributed by atoms with Gasteiger partial charge in [0.1, 0.15) is 0 Å². The van der Waals surface area contributed by atoms with Gasteiger partial charge in [-0.3, -0.25) is 0 Å². The molecule has 0 bridgehead atoms. The molecular formula is C23H21N5O5S. The quantitative estimate of drug-likeness (QED) is 0.323. The molecule has 1 fully saturated rings. The predicted octanol–water partition coefficient (Wildman–Crippen LogP) is 3.98. The Hall–Kier alpha value is -3.60. The van der Waals surface area contributed by atoms with Gasteiger partial charge in [0.2, 0.25) is 10.0 Å². The van der Waals surface area contributed by atoms with E-state index in [2.05, 4.69) is 14.7 Å². The minimum Gasteiger partial charge on any atom is -0.453 e. The summed E-state index contributed by atoms with van der Waals surface area (Å²) in [6, 6.07) is 19.0. The van der Waals surface area contributed by atoms with Crippen molar-refractivity contribution in [3.05, 3.63) is 83.2 Å². The molecule has 0 aromatic heterocycles. The Balaban J connectivity index is 1.43. The third kappa shape index (κ3) is 4.07. The Kier molecular flexibility index (Phi) is 5.86. The number of anilines is 2. The molecule has 3 aromatic carbocycles. The maximum absolute atomic E-state index is 13.0. The number of benzene rings is 3. The lowest BCUT2D eigenvalue weighted by Crippen LogP contribution is -2.60. The highest BCUT2D eigenvalue weighted by molar-refractivity contribution is 7.89. The van der Waals surface area contributed by atoms with Gasteiger partial charge >= 0.3 is 0 Å². The van der Waals surface area contributed by atoms with E-state index in [0.29, 0.717) is 17.2 Å². The van der Waals surface area contributed by atoms with Crippen LogP contribution in [0.5, 0.6) is 11.5 Å². The number of hydrogen-bond acceptors (Lipinski definition) is 7. The summed E-state index contributed by atoms with van der Waals surface area (Å²) in [5.41, 5.74) is 10.3. The van der Waals surface area contributed by atoms with E-state index in [-0.39, 0.29) is 18.1 Å². The number of nitrogens with one attached hydrogen (secondary N) is 1. The van der Waals surface area contributed by atoms with Crippen molar-refractivity contribution in [3.8, 4) is 11.5 Å². The largest absolute Gasteiger partial charge is 0.453 e. The maximum atomic E-state index is 13.0. The fourth-order valence-electron chi connectivity index (χ4n) is 4.21. The lowest BCUT2D eigenvalue weighted by Gasteiger charge is -2.44. The summed E-state index contributed by atoms with van der Waals surface area (Å²) < 4.78 is 40.3. The Labute approximate surface area is 196 Å². The summed E-state index contributed by atoms with van der Waals surface area (Å²) in [6.45, 7) is 0.213. The first-order valence-corrected chi connectivity index (χ1v) is 12.0. The van der Waals surface area contributed by atoms with Gasteiger partial charge in [-0.1, -0.05) is 41.5 Å². The molecule has 2 N–H and O–H groups in total. The smallest absolute Gasteiger partial charge is 0.240 e. The van der Waals surface area contributed by atoms with Crippen LogP contribution >= 0.6 is 0 Å². The lowest BCUT2D eigenvalue weighted by molar-refractivity contribution is -0.0244. The number of aliphatic hydroxyl groups excluding tert-OH is 1. The SMILES string of the molecule is [N-]=[N+]=Nc1ccc(S(=O)(=O)N[C@@H]2COC[C@H](N3c4ccccc4Oc4ccccc43)[C@H]2O)cc1. The maximum Gasteiger partial charge on any atom is 0.240 e. The zero-order valence-electron chi connectivity index (χ0n) is 17.9. The Morgan fingerprint density at radius 1 is 0.971 bits per heavy atom. The van der Waals surface area contributed by atoms with E-state index < -0.39 is 28.2 Å². The van der Waals surface area contributed by atoms with Gasteiger partial charge in [-0.25, -0.2) is 13.1 Å². The van der Waals surface area contributed by atoms with E-state index >= 15 is 0 Å². The van der Waals surface area contributed by atoms with Crippen LogP contribution in [0, 0.1) is 0 Å². The lowest BCUT2D eigenvalue weighted by atomic mass is 9.98. The second-order valence-electron chi connectivity index (χ2n) is 7.91. The van der Waals surface area contributed by atoms with Crippen molar-refractivity contribution < 1.29 is 23.0 Å². The van der Waals surface area contributed by atoms with Gasteiger partial charge < -0.3 is 19.5 Å². The molecule has 0 amide bonds. The van der Waals surface area contributed by atoms with Crippen molar-refractivity contribution >= 4 is 27.1 Å². The summed E-state index contributed by atoms with van der Waals surface area (Å²) in [6.07, 6.45) is -1.08. The molecule has 10 nitrogen and oxygen atoms in total. The summed E-state index contributed by atoms with van der Waals surface area (Å²) in [4.78, 5) is 4.61. The third-order valence-electron chi connectivity index (χ3n) is 5.81. The molecule has 2 aliphatic rings. The van der Waals surface area contributed by atoms with Crippen molar-refractivity contribution in [2.45, 2.75) is 23.1 Å². The van der Waals surface area contributed by atoms with Crippen LogP contribution in [0.4, 0.5) is 17.1 Å². The van der Waals surface area contributed by atoms with Crippen LogP contribution in [0.3, 0.4) is 0 Å². The molecule has 5 rings (SSSR count). The van der Waals surface area contributed by atoms with Gasteiger partial charge in [0.15, 0.2) is 11.5 Å². The highest BCUT2D eigenvalue weighted by Crippen LogP contribution is 2.48. The normalized spacial score (nSPS) is 21.6. The summed E-state index contributed by atoms with van der Waals surface area (Å²) >= 11 is 0. The van der Waals surface area contributed by atoms with E-state index in [1.54, 1.807) is 0 Å². The van der Waals surface area contributed by atoms with Crippen LogP contribution in [0.1, 0.15) is 0 Å². The van der Waals surface area contributed by atoms with E-state index in [1.807, 2.05) is 53.4 Å². The molecule has 2 heterocycles. The fraction of sp³-hybridized carbons (Fsp3) is 0.217. The third-order valence-corrected chi connectivity index (χ3v) is 7.31. The Morgan fingerprint density at radius 2 is 1.59 bits per heavy atom. The predicted molar refractivity (Wildman–Crippen MR) is 125 cm³/mol. The zero-order chi connectivity index (χ0) is 23.7. The molecule has 3 atom stereocenters. The van der Waals surface area contributed by atoms with Crippen LogP contribution in [0.2, 0.25) is 0 Å². The van der Waals surface area contributed by atoms with Crippen LogP contribution in [-0.2, 0) is 14.8 Å². The summed E-state index contributed by atoms with van der Waals surface area (Å²) in [5.74, 6) is 1.27. The van der Waals surface area contributed by atoms with Crippen LogP contribution in [0.15, 0.2) is 82.8 Å². The topological polar surface area (TPSA) is 137 Å². The van der Waals surface area contributed by atoms with Gasteiger partial charge in [0, 0.05) is 10.6 Å². The number of nitrogens with zero attached hydrogens (tertiary/aromatic N) is 4. The number of hydrogen-bond donors (Lipinski definition) is 2. The van der Waals surface area contributed by atoms with Crippen molar-refractivity contribution in [2.75, 3.05) is 18.1 Å². The number of ether oxygens (including phenoxy) is 2. The Bertz CT molecular complexity index is 1310. The standard InChI is InChI=1S/C23H21N5O5S/c24-27-25-15-9-11-16(12-10-15)34(30,31)26-17-13-32-14-20(23(17)29)28-18-5-1-3-7-21(18)33-22-8-4-2-6-19(22)28/h1-12,17,20,23,26,29H,13-14H2/t17-,20+,23+/m1/s1. The van der Waals surface area contributed by atoms with Gasteiger partial charge in [-0.2, -0.15) is 0 Å². The van der Waals surface area contributed by atoms with Gasteiger partial charge in [-0.15, -0.1) is 0 Å². The molecule has 0 unspecified atom stereocenters. The van der Waals surface area contributed by atoms with Gasteiger partial charge in [-0.05, 0) is 41.9 Å². The first kappa shape index (κ1) is 22.2. The summed E-state index contributed by atoms with van der Waals surface area (Å²) in [7, 11) is -3.97. The fourth-order valence-corrected chi connectivity index (χ4v) is 5.45. The van der Waals surface area contributed by atoms with Crippen molar-refractivity contribution in [1.82, 2.24) is 4.72 Å². The monoisotopic (exact) mass is 479 g/mol. The molecule has 174 valence electrons. The van der Waals surface area contributed by atoms with E-state index in [1.165, 1.54) is 24.3 Å². The van der Waals surface area contributed by atoms with Gasteiger partial charge in [0.05, 0.1) is 47.7 Å². The number of aliphatic hydroxyl groups is 1. The molecule has 1 saturated heterocycles. The van der Waals surface area contributed by atoms with E-state index in [4.69, 9.17) is 15.0 Å². The molecule has 0 saturated carbocycles. The van der Waals surface area contributed by atoms with Crippen molar-refractivity contribution in [3.63, 3.8) is 0 Å². The minimum absolute atomic E-state index is 0.0132. The number of para-hydroxylation sites is 4. The first-order valence-electron chi connectivity index (χ1n) is 10.6. The second-order valence-corrected chi connectivity index (χ2v) is 9.63. The second kappa shape index (κ2) is 8.98. The highest BCUT2D eigenvalue weighted by Gasteiger charge is 2.41. The van der Waals surface area contributed by atoms with Crippen molar-refractivity contribution in [2.24, 2.45) is 5.11 Å². The molecule has 11 heteroatoms. The van der Waals surface area contributed by atoms with Crippen molar-refractivity contribution in [1.29, 1.82) is 0 Å². The molecule has 0 spiro atoms. The first-order chi connectivity index (χ1) is 16.5. The molecule has 2 aliphatic heterocycles. The van der Waals surface area contributed by atoms with Crippen LogP contribution < -0.4 is 14.4 Å². The molecule has 0 aliphatic carbocycles. The average molecular weight is 480 g/mol. The average Bonchev–Trinajstić information content (AvgIpc) is 2.84. The number of sulfonamides is 1. The summed E-state index contributed by atoms with van der Waals surface area (Å²) in [5, 5.41) is 14.8. The number of fused-ring (bicyclic) bond motifs is 2. The number of azide groups is 1. The van der Waals surface area contributed by atoms with E-state index in [9.17, 15) is 13.5 Å². The van der Waals surface area contributed by atoms with Crippen LogP contribution in [-0.4, -0.2) is 44.9 Å². The zero-order valence-corrected chi connectivity index (χ0v) is 18.7. The minimum atomic E-state index is -3.97. The van der Waals surface area contributed by atoms with E-state index in [0.717, 1.165) is 11.4 Å². The molecule has 0 radical (unpaired) electrons. The van der Waals surface area contributed by atoms with Gasteiger partial charge in [0.25, 0.3) is 0 Å². The molecule has 3 aromatic rings. The van der Waals surface area contributed by atoms with Crippen LogP contribution in [0.25, 0.3) is 10.4 Å².